The highest BCUT2D eigenvalue weighted by atomic mass is 32.1. The third-order valence-electron chi connectivity index (χ3n) is 4.77. The maximum absolute atomic E-state index is 4.55. The first kappa shape index (κ1) is 14.4. The van der Waals surface area contributed by atoms with Gasteiger partial charge in [-0.05, 0) is 42.9 Å². The van der Waals surface area contributed by atoms with Gasteiger partial charge >= 0.3 is 0 Å². The van der Waals surface area contributed by atoms with E-state index in [0.717, 1.165) is 23.7 Å². The summed E-state index contributed by atoms with van der Waals surface area (Å²) in [5, 5.41) is 0.559. The molecule has 1 saturated carbocycles. The average molecular weight is 242 g/mol. The SMILES string of the molecule is CCCC1C(C)CCC1CCC(C)C(C)S. The van der Waals surface area contributed by atoms with Crippen LogP contribution in [-0.4, -0.2) is 5.25 Å². The summed E-state index contributed by atoms with van der Waals surface area (Å²) < 4.78 is 0. The van der Waals surface area contributed by atoms with Crippen molar-refractivity contribution in [2.45, 2.75) is 71.5 Å². The Kier molecular flexibility index (Phi) is 6.25. The van der Waals surface area contributed by atoms with E-state index < -0.39 is 0 Å². The molecule has 1 heteroatoms. The second-order valence-electron chi connectivity index (χ2n) is 6.06. The van der Waals surface area contributed by atoms with Crippen LogP contribution in [0.4, 0.5) is 0 Å². The predicted octanol–water partition coefficient (Wildman–Crippen LogP) is 5.18. The molecule has 5 unspecified atom stereocenters. The van der Waals surface area contributed by atoms with Crippen LogP contribution in [0.5, 0.6) is 0 Å². The van der Waals surface area contributed by atoms with Crippen LogP contribution in [0.3, 0.4) is 0 Å². The van der Waals surface area contributed by atoms with Gasteiger partial charge in [0.25, 0.3) is 0 Å². The van der Waals surface area contributed by atoms with Crippen molar-refractivity contribution >= 4 is 12.6 Å². The Bertz CT molecular complexity index is 188. The van der Waals surface area contributed by atoms with Crippen LogP contribution in [0.1, 0.15) is 66.2 Å². The summed E-state index contributed by atoms with van der Waals surface area (Å²) in [7, 11) is 0. The van der Waals surface area contributed by atoms with Crippen molar-refractivity contribution in [3.8, 4) is 0 Å². The van der Waals surface area contributed by atoms with E-state index in [0.29, 0.717) is 5.25 Å². The van der Waals surface area contributed by atoms with E-state index in [2.05, 4.69) is 40.3 Å². The highest BCUT2D eigenvalue weighted by Crippen LogP contribution is 2.42. The summed E-state index contributed by atoms with van der Waals surface area (Å²) in [4.78, 5) is 0. The van der Waals surface area contributed by atoms with Gasteiger partial charge in [0.1, 0.15) is 0 Å². The third-order valence-corrected chi connectivity index (χ3v) is 5.28. The fourth-order valence-corrected chi connectivity index (χ4v) is 3.45. The largest absolute Gasteiger partial charge is 0.176 e. The zero-order valence-electron chi connectivity index (χ0n) is 11.6. The normalized spacial score (nSPS) is 33.9. The minimum atomic E-state index is 0.559. The molecule has 1 rings (SSSR count). The molecule has 16 heavy (non-hydrogen) atoms. The van der Waals surface area contributed by atoms with Gasteiger partial charge in [0.05, 0.1) is 0 Å². The first-order valence-electron chi connectivity index (χ1n) is 7.24. The van der Waals surface area contributed by atoms with Gasteiger partial charge in [-0.3, -0.25) is 0 Å². The Hall–Kier alpha value is 0.350. The topological polar surface area (TPSA) is 0 Å². The summed E-state index contributed by atoms with van der Waals surface area (Å²) in [5.41, 5.74) is 0. The van der Waals surface area contributed by atoms with E-state index >= 15 is 0 Å². The Morgan fingerprint density at radius 3 is 2.44 bits per heavy atom. The van der Waals surface area contributed by atoms with Gasteiger partial charge in [-0.15, -0.1) is 0 Å². The van der Waals surface area contributed by atoms with Gasteiger partial charge in [-0.2, -0.15) is 12.6 Å². The van der Waals surface area contributed by atoms with E-state index in [-0.39, 0.29) is 0 Å². The number of rotatable bonds is 6. The fraction of sp³-hybridized carbons (Fsp3) is 1.00. The average Bonchev–Trinajstić information content (AvgIpc) is 2.58. The first-order chi connectivity index (χ1) is 7.56. The second-order valence-corrected chi connectivity index (χ2v) is 6.88. The van der Waals surface area contributed by atoms with Crippen molar-refractivity contribution in [1.82, 2.24) is 0 Å². The molecule has 0 spiro atoms. The molecule has 0 aromatic carbocycles. The Morgan fingerprint density at radius 1 is 1.19 bits per heavy atom. The minimum Gasteiger partial charge on any atom is -0.176 e. The van der Waals surface area contributed by atoms with Crippen molar-refractivity contribution in [3.63, 3.8) is 0 Å². The molecule has 0 aliphatic heterocycles. The number of hydrogen-bond donors (Lipinski definition) is 1. The maximum atomic E-state index is 4.55. The smallest absolute Gasteiger partial charge is 0.00141 e. The van der Waals surface area contributed by atoms with Crippen LogP contribution in [0.25, 0.3) is 0 Å². The second kappa shape index (κ2) is 6.93. The van der Waals surface area contributed by atoms with Crippen LogP contribution in [0.15, 0.2) is 0 Å². The van der Waals surface area contributed by atoms with Crippen molar-refractivity contribution in [3.05, 3.63) is 0 Å². The van der Waals surface area contributed by atoms with Crippen molar-refractivity contribution < 1.29 is 0 Å². The number of hydrogen-bond acceptors (Lipinski definition) is 1. The van der Waals surface area contributed by atoms with Gasteiger partial charge in [-0.25, -0.2) is 0 Å². The minimum absolute atomic E-state index is 0.559. The lowest BCUT2D eigenvalue weighted by atomic mass is 9.82. The zero-order valence-corrected chi connectivity index (χ0v) is 12.5. The van der Waals surface area contributed by atoms with Gasteiger partial charge in [-0.1, -0.05) is 47.0 Å². The summed E-state index contributed by atoms with van der Waals surface area (Å²) in [5.74, 6) is 3.80. The molecule has 0 heterocycles. The molecule has 1 fully saturated rings. The molecule has 0 amide bonds. The zero-order chi connectivity index (χ0) is 12.1. The quantitative estimate of drug-likeness (QED) is 0.609. The van der Waals surface area contributed by atoms with Crippen molar-refractivity contribution in [1.29, 1.82) is 0 Å². The Labute approximate surface area is 108 Å². The first-order valence-corrected chi connectivity index (χ1v) is 7.75. The molecule has 0 aromatic rings. The highest BCUT2D eigenvalue weighted by Gasteiger charge is 2.32. The van der Waals surface area contributed by atoms with E-state index in [1.165, 1.54) is 38.5 Å². The lowest BCUT2D eigenvalue weighted by molar-refractivity contribution is 0.274. The third kappa shape index (κ3) is 3.98. The fourth-order valence-electron chi connectivity index (χ4n) is 3.30. The predicted molar refractivity (Wildman–Crippen MR) is 77.1 cm³/mol. The number of thiol groups is 1. The molecule has 0 saturated heterocycles. The molecule has 0 aromatic heterocycles. The highest BCUT2D eigenvalue weighted by molar-refractivity contribution is 7.80. The lowest BCUT2D eigenvalue weighted by Crippen LogP contribution is -2.15. The van der Waals surface area contributed by atoms with Crippen LogP contribution in [-0.2, 0) is 0 Å². The van der Waals surface area contributed by atoms with Gasteiger partial charge in [0.2, 0.25) is 0 Å². The van der Waals surface area contributed by atoms with Gasteiger partial charge in [0, 0.05) is 5.25 Å². The van der Waals surface area contributed by atoms with E-state index in [1.807, 2.05) is 0 Å². The van der Waals surface area contributed by atoms with Crippen LogP contribution >= 0.6 is 12.6 Å². The van der Waals surface area contributed by atoms with Crippen LogP contribution in [0, 0.1) is 23.7 Å². The molecule has 0 radical (unpaired) electrons. The van der Waals surface area contributed by atoms with Gasteiger partial charge < -0.3 is 0 Å². The molecule has 0 N–H and O–H groups in total. The van der Waals surface area contributed by atoms with Crippen molar-refractivity contribution in [2.24, 2.45) is 23.7 Å². The summed E-state index contributed by atoms with van der Waals surface area (Å²) in [6, 6.07) is 0. The standard InChI is InChI=1S/C15H30S/c1-5-6-15-12(3)8-10-14(15)9-7-11(2)13(4)16/h11-16H,5-10H2,1-4H3. The molecule has 96 valence electrons. The summed E-state index contributed by atoms with van der Waals surface area (Å²) in [6.07, 6.45) is 8.60. The summed E-state index contributed by atoms with van der Waals surface area (Å²) in [6.45, 7) is 9.38. The van der Waals surface area contributed by atoms with Crippen LogP contribution < -0.4 is 0 Å². The van der Waals surface area contributed by atoms with E-state index in [4.69, 9.17) is 0 Å². The Balaban J connectivity index is 2.35. The van der Waals surface area contributed by atoms with Gasteiger partial charge in [0.15, 0.2) is 0 Å². The Morgan fingerprint density at radius 2 is 1.88 bits per heavy atom. The molecule has 0 nitrogen and oxygen atoms in total. The molecular formula is C15H30S. The molecule has 5 atom stereocenters. The molecular weight excluding hydrogens is 212 g/mol. The maximum Gasteiger partial charge on any atom is 0.00141 e. The molecule has 0 bridgehead atoms. The lowest BCUT2D eigenvalue weighted by Gasteiger charge is -2.24. The monoisotopic (exact) mass is 242 g/mol. The molecule has 1 aliphatic rings. The van der Waals surface area contributed by atoms with E-state index in [9.17, 15) is 0 Å². The van der Waals surface area contributed by atoms with E-state index in [1.54, 1.807) is 0 Å². The molecule has 1 aliphatic carbocycles. The van der Waals surface area contributed by atoms with Crippen LogP contribution in [0.2, 0.25) is 0 Å². The summed E-state index contributed by atoms with van der Waals surface area (Å²) >= 11 is 4.55. The van der Waals surface area contributed by atoms with Crippen molar-refractivity contribution in [2.75, 3.05) is 0 Å².